The number of piperidine rings is 1. The maximum Gasteiger partial charge on any atom is 0.240 e. The molecule has 0 bridgehead atoms. The van der Waals surface area contributed by atoms with E-state index in [1.54, 1.807) is 20.8 Å². The lowest BCUT2D eigenvalue weighted by atomic mass is 9.79. The van der Waals surface area contributed by atoms with E-state index in [1.807, 2.05) is 72.8 Å². The number of benzene rings is 3. The van der Waals surface area contributed by atoms with Gasteiger partial charge < -0.3 is 21.1 Å². The molecule has 0 aromatic heterocycles. The van der Waals surface area contributed by atoms with Crippen LogP contribution >= 0.6 is 0 Å². The van der Waals surface area contributed by atoms with Crippen LogP contribution in [0.15, 0.2) is 72.8 Å². The molecule has 0 spiro atoms. The van der Waals surface area contributed by atoms with E-state index >= 15 is 0 Å². The number of rotatable bonds is 7. The molecule has 1 aliphatic rings. The summed E-state index contributed by atoms with van der Waals surface area (Å²) in [4.78, 5) is 27.2. The molecule has 4 rings (SSSR count). The standard InChI is InChI=1S/C28H33N3O3/c1-27(2,29)26(33)31-28(3,23-15-9-11-19-10-7-8-14-22(19)23)25(32)24-18-21(16-17-30-24)34-20-12-5-4-6-13-20/h4-15,21,24,30H,16-18,29H2,1-3H3,(H,31,33). The number of amides is 1. The SMILES string of the molecule is CC(C)(N)C(=O)NC(C)(C(=O)C1CC(Oc2ccccc2)CCN1)c1cccc2ccccc12. The summed E-state index contributed by atoms with van der Waals surface area (Å²) in [7, 11) is 0. The summed E-state index contributed by atoms with van der Waals surface area (Å²) in [5.74, 6) is 0.294. The lowest BCUT2D eigenvalue weighted by Crippen LogP contribution is -2.62. The highest BCUT2D eigenvalue weighted by Gasteiger charge is 2.44. The predicted octanol–water partition coefficient (Wildman–Crippen LogP) is 3.68. The van der Waals surface area contributed by atoms with Gasteiger partial charge in [-0.15, -0.1) is 0 Å². The Morgan fingerprint density at radius 2 is 1.65 bits per heavy atom. The third-order valence-corrected chi connectivity index (χ3v) is 6.49. The van der Waals surface area contributed by atoms with Gasteiger partial charge in [-0.2, -0.15) is 0 Å². The Balaban J connectivity index is 1.68. The fourth-order valence-electron chi connectivity index (χ4n) is 4.54. The van der Waals surface area contributed by atoms with Crippen LogP contribution in [0, 0.1) is 0 Å². The minimum absolute atomic E-state index is 0.101. The molecular formula is C28H33N3O3. The molecule has 178 valence electrons. The van der Waals surface area contributed by atoms with Gasteiger partial charge >= 0.3 is 0 Å². The average molecular weight is 460 g/mol. The van der Waals surface area contributed by atoms with Crippen molar-refractivity contribution in [2.45, 2.75) is 56.8 Å². The number of fused-ring (bicyclic) bond motifs is 1. The van der Waals surface area contributed by atoms with Crippen molar-refractivity contribution < 1.29 is 14.3 Å². The number of para-hydroxylation sites is 1. The van der Waals surface area contributed by atoms with E-state index in [1.165, 1.54) is 0 Å². The number of ether oxygens (including phenoxy) is 1. The maximum absolute atomic E-state index is 14.2. The Labute approximate surface area is 200 Å². The Morgan fingerprint density at radius 1 is 0.971 bits per heavy atom. The summed E-state index contributed by atoms with van der Waals surface area (Å²) in [5.41, 5.74) is 4.44. The highest BCUT2D eigenvalue weighted by Crippen LogP contribution is 2.32. The highest BCUT2D eigenvalue weighted by molar-refractivity contribution is 6.02. The zero-order valence-electron chi connectivity index (χ0n) is 20.0. The first-order valence-corrected chi connectivity index (χ1v) is 11.8. The molecule has 4 N–H and O–H groups in total. The number of Topliss-reactive ketones (excluding diaryl/α,β-unsaturated/α-hetero) is 1. The van der Waals surface area contributed by atoms with Gasteiger partial charge in [-0.3, -0.25) is 9.59 Å². The van der Waals surface area contributed by atoms with Crippen LogP contribution in [0.2, 0.25) is 0 Å². The van der Waals surface area contributed by atoms with Crippen LogP contribution in [0.25, 0.3) is 10.8 Å². The Hall–Kier alpha value is -3.22. The van der Waals surface area contributed by atoms with Gasteiger partial charge in [-0.25, -0.2) is 0 Å². The van der Waals surface area contributed by atoms with Crippen LogP contribution in [0.1, 0.15) is 39.2 Å². The first-order valence-electron chi connectivity index (χ1n) is 11.8. The summed E-state index contributed by atoms with van der Waals surface area (Å²) < 4.78 is 6.16. The van der Waals surface area contributed by atoms with E-state index in [9.17, 15) is 9.59 Å². The van der Waals surface area contributed by atoms with Crippen molar-refractivity contribution >= 4 is 22.5 Å². The van der Waals surface area contributed by atoms with Crippen LogP contribution < -0.4 is 21.1 Å². The molecule has 3 aromatic rings. The molecule has 3 aromatic carbocycles. The summed E-state index contributed by atoms with van der Waals surface area (Å²) in [5, 5.41) is 8.29. The molecule has 6 nitrogen and oxygen atoms in total. The van der Waals surface area contributed by atoms with Gasteiger partial charge in [-0.1, -0.05) is 60.7 Å². The molecule has 1 heterocycles. The third kappa shape index (κ3) is 4.98. The van der Waals surface area contributed by atoms with Gasteiger partial charge in [0.05, 0.1) is 11.6 Å². The first kappa shape index (κ1) is 23.9. The lowest BCUT2D eigenvalue weighted by molar-refractivity contribution is -0.136. The molecular weight excluding hydrogens is 426 g/mol. The van der Waals surface area contributed by atoms with Crippen LogP contribution in [-0.4, -0.2) is 35.9 Å². The molecule has 1 aliphatic heterocycles. The number of nitrogens with two attached hydrogens (primary N) is 1. The van der Waals surface area contributed by atoms with Crippen molar-refractivity contribution in [3.63, 3.8) is 0 Å². The lowest BCUT2D eigenvalue weighted by Gasteiger charge is -2.38. The zero-order chi connectivity index (χ0) is 24.3. The van der Waals surface area contributed by atoms with Crippen LogP contribution in [-0.2, 0) is 15.1 Å². The predicted molar refractivity (Wildman–Crippen MR) is 135 cm³/mol. The number of ketones is 1. The topological polar surface area (TPSA) is 93.5 Å². The fourth-order valence-corrected chi connectivity index (χ4v) is 4.54. The maximum atomic E-state index is 14.2. The number of hydrogen-bond acceptors (Lipinski definition) is 5. The van der Waals surface area contributed by atoms with Crippen LogP contribution in [0.3, 0.4) is 0 Å². The molecule has 1 amide bonds. The van der Waals surface area contributed by atoms with E-state index in [-0.39, 0.29) is 17.8 Å². The summed E-state index contributed by atoms with van der Waals surface area (Å²) in [6.07, 6.45) is 1.21. The van der Waals surface area contributed by atoms with Gasteiger partial charge in [0, 0.05) is 6.42 Å². The third-order valence-electron chi connectivity index (χ3n) is 6.49. The van der Waals surface area contributed by atoms with Crippen molar-refractivity contribution in [3.05, 3.63) is 78.4 Å². The van der Waals surface area contributed by atoms with Crippen molar-refractivity contribution in [2.24, 2.45) is 5.73 Å². The molecule has 0 aliphatic carbocycles. The van der Waals surface area contributed by atoms with E-state index in [0.717, 1.165) is 28.5 Å². The fraction of sp³-hybridized carbons (Fsp3) is 0.357. The Kier molecular flexibility index (Phi) is 6.73. The largest absolute Gasteiger partial charge is 0.490 e. The van der Waals surface area contributed by atoms with Gasteiger partial charge in [0.2, 0.25) is 5.91 Å². The second-order valence-electron chi connectivity index (χ2n) is 9.78. The minimum atomic E-state index is -1.28. The summed E-state index contributed by atoms with van der Waals surface area (Å²) >= 11 is 0. The Bertz CT molecular complexity index is 1170. The van der Waals surface area contributed by atoms with Gasteiger partial charge in [0.25, 0.3) is 0 Å². The molecule has 0 saturated carbocycles. The van der Waals surface area contributed by atoms with Crippen molar-refractivity contribution in [1.29, 1.82) is 0 Å². The number of hydrogen-bond donors (Lipinski definition) is 3. The first-order chi connectivity index (χ1) is 16.2. The molecule has 0 radical (unpaired) electrons. The highest BCUT2D eigenvalue weighted by atomic mass is 16.5. The van der Waals surface area contributed by atoms with Crippen LogP contribution in [0.4, 0.5) is 0 Å². The second-order valence-corrected chi connectivity index (χ2v) is 9.78. The van der Waals surface area contributed by atoms with E-state index in [0.29, 0.717) is 13.0 Å². The number of carbonyl (C=O) groups excluding carboxylic acids is 2. The normalized spacial score (nSPS) is 20.4. The monoisotopic (exact) mass is 459 g/mol. The van der Waals surface area contributed by atoms with Crippen molar-refractivity contribution in [2.75, 3.05) is 6.54 Å². The summed E-state index contributed by atoms with van der Waals surface area (Å²) in [6.45, 7) is 5.71. The van der Waals surface area contributed by atoms with Crippen LogP contribution in [0.5, 0.6) is 5.75 Å². The molecule has 3 atom stereocenters. The molecule has 6 heteroatoms. The second kappa shape index (κ2) is 9.57. The van der Waals surface area contributed by atoms with Crippen molar-refractivity contribution in [1.82, 2.24) is 10.6 Å². The van der Waals surface area contributed by atoms with Gasteiger partial charge in [0.1, 0.15) is 17.4 Å². The van der Waals surface area contributed by atoms with E-state index < -0.39 is 17.1 Å². The summed E-state index contributed by atoms with van der Waals surface area (Å²) in [6, 6.07) is 22.9. The average Bonchev–Trinajstić information content (AvgIpc) is 2.83. The van der Waals surface area contributed by atoms with E-state index in [2.05, 4.69) is 10.6 Å². The Morgan fingerprint density at radius 3 is 2.38 bits per heavy atom. The number of carbonyl (C=O) groups is 2. The molecule has 1 saturated heterocycles. The van der Waals surface area contributed by atoms with E-state index in [4.69, 9.17) is 10.5 Å². The quantitative estimate of drug-likeness (QED) is 0.501. The smallest absolute Gasteiger partial charge is 0.240 e. The molecule has 3 unspecified atom stereocenters. The molecule has 34 heavy (non-hydrogen) atoms. The van der Waals surface area contributed by atoms with Gasteiger partial charge in [0.15, 0.2) is 5.78 Å². The minimum Gasteiger partial charge on any atom is -0.490 e. The molecule has 1 fully saturated rings. The number of nitrogens with one attached hydrogen (secondary N) is 2. The van der Waals surface area contributed by atoms with Gasteiger partial charge in [-0.05, 0) is 62.2 Å². The van der Waals surface area contributed by atoms with Crippen molar-refractivity contribution in [3.8, 4) is 5.75 Å². The zero-order valence-corrected chi connectivity index (χ0v) is 20.0.